The van der Waals surface area contributed by atoms with E-state index in [-0.39, 0.29) is 25.2 Å². The van der Waals surface area contributed by atoms with Crippen molar-refractivity contribution in [2.24, 2.45) is 0 Å². The van der Waals surface area contributed by atoms with Gasteiger partial charge < -0.3 is 19.5 Å². The SMILES string of the molecule is CCOC(=O)C1=C(CC)NC2=C(C(=O)CCC2)C1c1ccc2c(c1)OCO2. The normalized spacial score (nSPS) is 21.1. The molecule has 1 N–H and O–H groups in total. The second-order valence-electron chi connectivity index (χ2n) is 6.81. The van der Waals surface area contributed by atoms with Crippen LogP contribution in [0.3, 0.4) is 0 Å². The van der Waals surface area contributed by atoms with Crippen LogP contribution in [0.4, 0.5) is 0 Å². The Morgan fingerprint density at radius 1 is 1.22 bits per heavy atom. The quantitative estimate of drug-likeness (QED) is 0.821. The number of allylic oxidation sites excluding steroid dienone is 3. The highest BCUT2D eigenvalue weighted by Gasteiger charge is 2.40. The van der Waals surface area contributed by atoms with E-state index in [1.54, 1.807) is 6.92 Å². The molecule has 3 aliphatic rings. The molecule has 1 aromatic rings. The first-order valence-corrected chi connectivity index (χ1v) is 9.47. The zero-order valence-corrected chi connectivity index (χ0v) is 15.6. The summed E-state index contributed by atoms with van der Waals surface area (Å²) < 4.78 is 16.3. The monoisotopic (exact) mass is 369 g/mol. The summed E-state index contributed by atoms with van der Waals surface area (Å²) >= 11 is 0. The van der Waals surface area contributed by atoms with Gasteiger partial charge in [0.1, 0.15) is 0 Å². The lowest BCUT2D eigenvalue weighted by Gasteiger charge is -2.34. The average molecular weight is 369 g/mol. The Kier molecular flexibility index (Phi) is 4.64. The minimum absolute atomic E-state index is 0.0865. The topological polar surface area (TPSA) is 73.9 Å². The number of fused-ring (bicyclic) bond motifs is 1. The second kappa shape index (κ2) is 7.10. The average Bonchev–Trinajstić information content (AvgIpc) is 3.14. The van der Waals surface area contributed by atoms with Crippen LogP contribution in [-0.2, 0) is 14.3 Å². The van der Waals surface area contributed by atoms with Crippen molar-refractivity contribution < 1.29 is 23.8 Å². The van der Waals surface area contributed by atoms with Crippen LogP contribution >= 0.6 is 0 Å². The van der Waals surface area contributed by atoms with E-state index in [4.69, 9.17) is 14.2 Å². The summed E-state index contributed by atoms with van der Waals surface area (Å²) in [6.07, 6.45) is 2.78. The van der Waals surface area contributed by atoms with Crippen molar-refractivity contribution >= 4 is 11.8 Å². The van der Waals surface area contributed by atoms with Gasteiger partial charge in [0.05, 0.1) is 12.2 Å². The van der Waals surface area contributed by atoms with Crippen molar-refractivity contribution in [3.05, 3.63) is 46.3 Å². The minimum Gasteiger partial charge on any atom is -0.463 e. The smallest absolute Gasteiger partial charge is 0.336 e. The van der Waals surface area contributed by atoms with Crippen molar-refractivity contribution in [2.75, 3.05) is 13.4 Å². The molecule has 0 bridgehead atoms. The van der Waals surface area contributed by atoms with Gasteiger partial charge in [-0.1, -0.05) is 13.0 Å². The van der Waals surface area contributed by atoms with Crippen molar-refractivity contribution in [1.29, 1.82) is 0 Å². The number of rotatable bonds is 4. The van der Waals surface area contributed by atoms with Crippen LogP contribution in [0.15, 0.2) is 40.7 Å². The molecule has 1 unspecified atom stereocenters. The number of Topliss-reactive ketones (excluding diaryl/α,β-unsaturated/α-hetero) is 1. The van der Waals surface area contributed by atoms with Gasteiger partial charge in [-0.25, -0.2) is 4.79 Å². The zero-order chi connectivity index (χ0) is 19.0. The number of carbonyl (C=O) groups excluding carboxylic acids is 2. The molecule has 1 aromatic carbocycles. The van der Waals surface area contributed by atoms with Crippen LogP contribution < -0.4 is 14.8 Å². The Morgan fingerprint density at radius 2 is 2.04 bits per heavy atom. The number of carbonyl (C=O) groups is 2. The van der Waals surface area contributed by atoms with Crippen LogP contribution in [-0.4, -0.2) is 25.2 Å². The molecule has 2 aliphatic heterocycles. The van der Waals surface area contributed by atoms with Crippen LogP contribution in [0.1, 0.15) is 51.0 Å². The number of nitrogens with one attached hydrogen (secondary N) is 1. The van der Waals surface area contributed by atoms with Gasteiger partial charge in [-0.2, -0.15) is 0 Å². The van der Waals surface area contributed by atoms with Gasteiger partial charge in [0.25, 0.3) is 0 Å². The van der Waals surface area contributed by atoms with Gasteiger partial charge in [-0.05, 0) is 43.9 Å². The predicted molar refractivity (Wildman–Crippen MR) is 98.3 cm³/mol. The molecule has 2 heterocycles. The number of ether oxygens (including phenoxy) is 3. The lowest BCUT2D eigenvalue weighted by atomic mass is 9.75. The molecular formula is C21H23NO5. The summed E-state index contributed by atoms with van der Waals surface area (Å²) in [7, 11) is 0. The van der Waals surface area contributed by atoms with Crippen LogP contribution in [0.25, 0.3) is 0 Å². The van der Waals surface area contributed by atoms with Crippen LogP contribution in [0.2, 0.25) is 0 Å². The second-order valence-corrected chi connectivity index (χ2v) is 6.81. The Morgan fingerprint density at radius 3 is 2.81 bits per heavy atom. The molecule has 0 aromatic heterocycles. The van der Waals surface area contributed by atoms with Crippen LogP contribution in [0, 0.1) is 0 Å². The van der Waals surface area contributed by atoms with Gasteiger partial charge in [-0.15, -0.1) is 0 Å². The van der Waals surface area contributed by atoms with E-state index in [1.165, 1.54) is 0 Å². The lowest BCUT2D eigenvalue weighted by Crippen LogP contribution is -2.35. The highest BCUT2D eigenvalue weighted by atomic mass is 16.7. The van der Waals surface area contributed by atoms with Gasteiger partial charge in [0, 0.05) is 29.3 Å². The number of ketones is 1. The highest BCUT2D eigenvalue weighted by molar-refractivity contribution is 6.03. The predicted octanol–water partition coefficient (Wildman–Crippen LogP) is 3.34. The molecule has 4 rings (SSSR count). The number of hydrogen-bond donors (Lipinski definition) is 1. The first kappa shape index (κ1) is 17.6. The molecule has 142 valence electrons. The number of benzene rings is 1. The van der Waals surface area contributed by atoms with E-state index in [2.05, 4.69) is 5.32 Å². The fourth-order valence-corrected chi connectivity index (χ4v) is 4.05. The summed E-state index contributed by atoms with van der Waals surface area (Å²) in [5.74, 6) is 0.572. The minimum atomic E-state index is -0.447. The molecule has 0 saturated heterocycles. The van der Waals surface area contributed by atoms with Crippen molar-refractivity contribution in [3.8, 4) is 11.5 Å². The van der Waals surface area contributed by atoms with Gasteiger partial charge in [-0.3, -0.25) is 4.79 Å². The van der Waals surface area contributed by atoms with Gasteiger partial charge in [0.15, 0.2) is 17.3 Å². The first-order valence-electron chi connectivity index (χ1n) is 9.47. The van der Waals surface area contributed by atoms with E-state index in [0.717, 1.165) is 29.8 Å². The molecule has 0 amide bonds. The van der Waals surface area contributed by atoms with Crippen molar-refractivity contribution in [2.45, 2.75) is 45.4 Å². The Bertz CT molecular complexity index is 867. The fourth-order valence-electron chi connectivity index (χ4n) is 4.05. The maximum atomic E-state index is 12.9. The number of dihydropyridines is 1. The number of esters is 1. The molecule has 1 atom stereocenters. The summed E-state index contributed by atoms with van der Waals surface area (Å²) in [6, 6.07) is 5.61. The fraction of sp³-hybridized carbons (Fsp3) is 0.429. The van der Waals surface area contributed by atoms with Crippen molar-refractivity contribution in [1.82, 2.24) is 5.32 Å². The van der Waals surface area contributed by atoms with E-state index >= 15 is 0 Å². The Balaban J connectivity index is 1.88. The zero-order valence-electron chi connectivity index (χ0n) is 15.6. The summed E-state index contributed by atoms with van der Waals surface area (Å²) in [5, 5.41) is 3.36. The maximum absolute atomic E-state index is 12.9. The summed E-state index contributed by atoms with van der Waals surface area (Å²) in [4.78, 5) is 25.7. The number of hydrogen-bond acceptors (Lipinski definition) is 6. The Hall–Kier alpha value is -2.76. The summed E-state index contributed by atoms with van der Waals surface area (Å²) in [6.45, 7) is 4.24. The maximum Gasteiger partial charge on any atom is 0.336 e. The molecule has 0 radical (unpaired) electrons. The third-order valence-electron chi connectivity index (χ3n) is 5.24. The van der Waals surface area contributed by atoms with Crippen LogP contribution in [0.5, 0.6) is 11.5 Å². The molecule has 0 saturated carbocycles. The van der Waals surface area contributed by atoms with E-state index < -0.39 is 5.92 Å². The summed E-state index contributed by atoms with van der Waals surface area (Å²) in [5.41, 5.74) is 3.80. The lowest BCUT2D eigenvalue weighted by molar-refractivity contribution is -0.138. The molecule has 6 nitrogen and oxygen atoms in total. The van der Waals surface area contributed by atoms with E-state index in [9.17, 15) is 9.59 Å². The highest BCUT2D eigenvalue weighted by Crippen LogP contribution is 2.45. The first-order chi connectivity index (χ1) is 13.1. The third kappa shape index (κ3) is 2.99. The molecular weight excluding hydrogens is 346 g/mol. The van der Waals surface area contributed by atoms with Gasteiger partial charge >= 0.3 is 5.97 Å². The molecule has 0 spiro atoms. The molecule has 27 heavy (non-hydrogen) atoms. The largest absolute Gasteiger partial charge is 0.463 e. The van der Waals surface area contributed by atoms with E-state index in [1.807, 2.05) is 25.1 Å². The van der Waals surface area contributed by atoms with Gasteiger partial charge in [0.2, 0.25) is 6.79 Å². The Labute approximate surface area is 158 Å². The molecule has 6 heteroatoms. The molecule has 1 aliphatic carbocycles. The molecule has 0 fully saturated rings. The van der Waals surface area contributed by atoms with E-state index in [0.29, 0.717) is 35.5 Å². The third-order valence-corrected chi connectivity index (χ3v) is 5.24. The van der Waals surface area contributed by atoms with Crippen molar-refractivity contribution in [3.63, 3.8) is 0 Å². The standard InChI is InChI=1S/C21H23NO5/c1-3-13-20(21(24)25-4-2)18(19-14(22-13)6-5-7-15(19)23)12-8-9-16-17(10-12)27-11-26-16/h8-10,18,22H,3-7,11H2,1-2H3.